The van der Waals surface area contributed by atoms with E-state index in [-0.39, 0.29) is 0 Å². The molecule has 1 rings (SSSR count). The van der Waals surface area contributed by atoms with Crippen molar-refractivity contribution in [1.82, 2.24) is 20.4 Å². The number of nitrogens with one attached hydrogen (secondary N) is 2. The van der Waals surface area contributed by atoms with Crippen molar-refractivity contribution in [3.05, 3.63) is 29.6 Å². The molecule has 0 bridgehead atoms. The van der Waals surface area contributed by atoms with Gasteiger partial charge in [-0.2, -0.15) is 5.10 Å². The van der Waals surface area contributed by atoms with Gasteiger partial charge in [-0.1, -0.05) is 17.7 Å². The summed E-state index contributed by atoms with van der Waals surface area (Å²) in [7, 11) is 0. The second-order valence-electron chi connectivity index (χ2n) is 3.60. The quantitative estimate of drug-likeness (QED) is 0.471. The molecule has 0 atom stereocenters. The van der Waals surface area contributed by atoms with Crippen LogP contribution in [0.4, 0.5) is 0 Å². The Balaban J connectivity index is 2.15. The zero-order valence-corrected chi connectivity index (χ0v) is 11.4. The third kappa shape index (κ3) is 5.19. The fourth-order valence-electron chi connectivity index (χ4n) is 1.28. The zero-order valence-electron chi connectivity index (χ0n) is 9.87. The van der Waals surface area contributed by atoms with E-state index in [0.717, 1.165) is 25.2 Å². The second kappa shape index (κ2) is 7.29. The maximum atomic E-state index is 5.91. The van der Waals surface area contributed by atoms with Crippen LogP contribution in [0.25, 0.3) is 0 Å². The minimum atomic E-state index is 0.652. The molecule has 0 aliphatic rings. The van der Waals surface area contributed by atoms with Gasteiger partial charge < -0.3 is 10.6 Å². The Kier molecular flexibility index (Phi) is 6.00. The molecular weight excluding hydrogens is 256 g/mol. The van der Waals surface area contributed by atoms with E-state index in [1.54, 1.807) is 6.08 Å². The molecule has 2 N–H and O–H groups in total. The maximum absolute atomic E-state index is 5.91. The molecule has 0 saturated carbocycles. The highest BCUT2D eigenvalue weighted by atomic mass is 35.5. The van der Waals surface area contributed by atoms with E-state index in [1.165, 1.54) is 0 Å². The average molecular weight is 273 g/mol. The number of hydrogen-bond donors (Lipinski definition) is 2. The molecule has 0 aliphatic heterocycles. The highest BCUT2D eigenvalue weighted by molar-refractivity contribution is 7.80. The molecule has 94 valence electrons. The molecule has 1 aromatic heterocycles. The largest absolute Gasteiger partial charge is 0.363 e. The molecule has 6 heteroatoms. The first-order valence-corrected chi connectivity index (χ1v) is 6.24. The third-order valence-corrected chi connectivity index (χ3v) is 2.80. The molecule has 0 aliphatic carbocycles. The maximum Gasteiger partial charge on any atom is 0.166 e. The van der Waals surface area contributed by atoms with E-state index < -0.39 is 0 Å². The van der Waals surface area contributed by atoms with Gasteiger partial charge in [0.25, 0.3) is 0 Å². The third-order valence-electron chi connectivity index (χ3n) is 2.14. The SMILES string of the molecule is C=CCNC(=S)NCCCn1cc(Cl)c(C)n1. The van der Waals surface area contributed by atoms with Gasteiger partial charge in [0, 0.05) is 25.8 Å². The average Bonchev–Trinajstić information content (AvgIpc) is 2.61. The van der Waals surface area contributed by atoms with Crippen molar-refractivity contribution in [3.63, 3.8) is 0 Å². The Morgan fingerprint density at radius 2 is 2.41 bits per heavy atom. The first kappa shape index (κ1) is 14.0. The fraction of sp³-hybridized carbons (Fsp3) is 0.455. The van der Waals surface area contributed by atoms with Crippen molar-refractivity contribution in [2.75, 3.05) is 13.1 Å². The van der Waals surface area contributed by atoms with Gasteiger partial charge in [-0.25, -0.2) is 0 Å². The summed E-state index contributed by atoms with van der Waals surface area (Å²) in [6.07, 6.45) is 4.54. The van der Waals surface area contributed by atoms with E-state index in [2.05, 4.69) is 22.3 Å². The van der Waals surface area contributed by atoms with E-state index >= 15 is 0 Å². The Morgan fingerprint density at radius 3 is 3.00 bits per heavy atom. The minimum Gasteiger partial charge on any atom is -0.363 e. The van der Waals surface area contributed by atoms with Crippen molar-refractivity contribution in [2.24, 2.45) is 0 Å². The zero-order chi connectivity index (χ0) is 12.7. The number of rotatable bonds is 6. The van der Waals surface area contributed by atoms with Crippen LogP contribution in [0.15, 0.2) is 18.9 Å². The number of halogens is 1. The number of hydrogen-bond acceptors (Lipinski definition) is 2. The lowest BCUT2D eigenvalue weighted by atomic mass is 10.4. The Morgan fingerprint density at radius 1 is 1.65 bits per heavy atom. The van der Waals surface area contributed by atoms with Gasteiger partial charge in [-0.05, 0) is 25.6 Å². The summed E-state index contributed by atoms with van der Waals surface area (Å²) in [4.78, 5) is 0. The highest BCUT2D eigenvalue weighted by Crippen LogP contribution is 2.11. The molecule has 0 spiro atoms. The molecule has 1 aromatic rings. The lowest BCUT2D eigenvalue weighted by Gasteiger charge is -2.08. The van der Waals surface area contributed by atoms with Crippen LogP contribution in [0.5, 0.6) is 0 Å². The van der Waals surface area contributed by atoms with E-state index in [1.807, 2.05) is 17.8 Å². The fourth-order valence-corrected chi connectivity index (χ4v) is 1.61. The predicted octanol–water partition coefficient (Wildman–Crippen LogP) is 1.89. The smallest absolute Gasteiger partial charge is 0.166 e. The summed E-state index contributed by atoms with van der Waals surface area (Å²) >= 11 is 11.0. The monoisotopic (exact) mass is 272 g/mol. The molecule has 0 amide bonds. The molecule has 17 heavy (non-hydrogen) atoms. The Labute approximate surface area is 112 Å². The van der Waals surface area contributed by atoms with Gasteiger partial charge in [0.1, 0.15) is 0 Å². The van der Waals surface area contributed by atoms with Crippen LogP contribution in [0.2, 0.25) is 5.02 Å². The van der Waals surface area contributed by atoms with Crippen molar-refractivity contribution < 1.29 is 0 Å². The van der Waals surface area contributed by atoms with Gasteiger partial charge in [0.2, 0.25) is 0 Å². The van der Waals surface area contributed by atoms with Crippen LogP contribution in [0, 0.1) is 6.92 Å². The van der Waals surface area contributed by atoms with E-state index in [4.69, 9.17) is 23.8 Å². The van der Waals surface area contributed by atoms with Gasteiger partial charge >= 0.3 is 0 Å². The number of aryl methyl sites for hydroxylation is 2. The van der Waals surface area contributed by atoms with Crippen molar-refractivity contribution in [1.29, 1.82) is 0 Å². The van der Waals surface area contributed by atoms with Crippen LogP contribution in [-0.2, 0) is 6.54 Å². The van der Waals surface area contributed by atoms with E-state index in [9.17, 15) is 0 Å². The van der Waals surface area contributed by atoms with Gasteiger partial charge in [-0.3, -0.25) is 4.68 Å². The van der Waals surface area contributed by atoms with Crippen LogP contribution in [-0.4, -0.2) is 28.0 Å². The first-order chi connectivity index (χ1) is 8.13. The lowest BCUT2D eigenvalue weighted by Crippen LogP contribution is -2.36. The lowest BCUT2D eigenvalue weighted by molar-refractivity contribution is 0.569. The summed E-state index contributed by atoms with van der Waals surface area (Å²) in [6.45, 7) is 7.81. The summed E-state index contributed by atoms with van der Waals surface area (Å²) < 4.78 is 1.85. The highest BCUT2D eigenvalue weighted by Gasteiger charge is 2.01. The molecule has 0 fully saturated rings. The van der Waals surface area contributed by atoms with Gasteiger partial charge in [-0.15, -0.1) is 6.58 Å². The molecule has 0 radical (unpaired) electrons. The number of nitrogens with zero attached hydrogens (tertiary/aromatic N) is 2. The van der Waals surface area contributed by atoms with Gasteiger partial charge in [0.05, 0.1) is 10.7 Å². The molecule has 0 saturated heterocycles. The molecule has 1 heterocycles. The summed E-state index contributed by atoms with van der Waals surface area (Å²) in [6, 6.07) is 0. The molecule has 4 nitrogen and oxygen atoms in total. The summed E-state index contributed by atoms with van der Waals surface area (Å²) in [5.74, 6) is 0. The normalized spacial score (nSPS) is 10.0. The topological polar surface area (TPSA) is 41.9 Å². The van der Waals surface area contributed by atoms with Crippen molar-refractivity contribution in [3.8, 4) is 0 Å². The molecule has 0 unspecified atom stereocenters. The van der Waals surface area contributed by atoms with Gasteiger partial charge in [0.15, 0.2) is 5.11 Å². The molecular formula is C11H17ClN4S. The van der Waals surface area contributed by atoms with Crippen molar-refractivity contribution in [2.45, 2.75) is 19.9 Å². The second-order valence-corrected chi connectivity index (χ2v) is 4.42. The standard InChI is InChI=1S/C11H17ClN4S/c1-3-5-13-11(17)14-6-4-7-16-8-10(12)9(2)15-16/h3,8H,1,4-7H2,2H3,(H2,13,14,17). The Hall–Kier alpha value is -1.07. The minimum absolute atomic E-state index is 0.652. The number of thiocarbonyl (C=S) groups is 1. The number of aromatic nitrogens is 2. The Bertz CT molecular complexity index is 369. The van der Waals surface area contributed by atoms with Crippen LogP contribution in [0.1, 0.15) is 12.1 Å². The molecule has 0 aromatic carbocycles. The summed E-state index contributed by atoms with van der Waals surface area (Å²) in [5.41, 5.74) is 0.864. The van der Waals surface area contributed by atoms with E-state index in [0.29, 0.717) is 16.7 Å². The summed E-state index contributed by atoms with van der Waals surface area (Å²) in [5, 5.41) is 11.7. The predicted molar refractivity (Wildman–Crippen MR) is 75.4 cm³/mol. The van der Waals surface area contributed by atoms with Crippen molar-refractivity contribution >= 4 is 28.9 Å². The van der Waals surface area contributed by atoms with Crippen LogP contribution >= 0.6 is 23.8 Å². The van der Waals surface area contributed by atoms with Crippen LogP contribution < -0.4 is 10.6 Å². The van der Waals surface area contributed by atoms with Crippen LogP contribution in [0.3, 0.4) is 0 Å². The first-order valence-electron chi connectivity index (χ1n) is 5.45.